The molecule has 0 bridgehead atoms. The summed E-state index contributed by atoms with van der Waals surface area (Å²) in [6.45, 7) is 3.14. The van der Waals surface area contributed by atoms with Crippen molar-refractivity contribution in [3.63, 3.8) is 0 Å². The topological polar surface area (TPSA) is 57.2 Å². The quantitative estimate of drug-likeness (QED) is 0.693. The second kappa shape index (κ2) is 11.3. The average molecular weight is 386 g/mol. The summed E-state index contributed by atoms with van der Waals surface area (Å²) in [7, 11) is 0. The van der Waals surface area contributed by atoms with Crippen LogP contribution in [0.4, 0.5) is 0 Å². The molecule has 2 aliphatic carbocycles. The van der Waals surface area contributed by atoms with E-state index >= 15 is 0 Å². The molecule has 152 valence electrons. The van der Waals surface area contributed by atoms with Gasteiger partial charge in [0.1, 0.15) is 12.2 Å². The molecule has 1 N–H and O–H groups in total. The first-order valence-corrected chi connectivity index (χ1v) is 9.94. The molecular formula is C23H30O5. The number of aliphatic hydroxyl groups is 1. The highest BCUT2D eigenvalue weighted by atomic mass is 16.7. The van der Waals surface area contributed by atoms with Gasteiger partial charge in [-0.2, -0.15) is 0 Å². The lowest BCUT2D eigenvalue weighted by Gasteiger charge is -2.36. The maximum atomic E-state index is 9.13. The fourth-order valence-electron chi connectivity index (χ4n) is 3.27. The Hall–Kier alpha value is -1.76. The molecule has 1 saturated heterocycles. The molecule has 28 heavy (non-hydrogen) atoms. The number of aliphatic hydroxyl groups excluding tert-OH is 1. The van der Waals surface area contributed by atoms with Gasteiger partial charge in [0.25, 0.3) is 0 Å². The molecule has 5 heteroatoms. The molecule has 0 saturated carbocycles. The Morgan fingerprint density at radius 1 is 1.18 bits per heavy atom. The molecule has 0 aromatic heterocycles. The van der Waals surface area contributed by atoms with E-state index in [-0.39, 0.29) is 37.8 Å². The van der Waals surface area contributed by atoms with Gasteiger partial charge in [0.05, 0.1) is 32.5 Å². The summed E-state index contributed by atoms with van der Waals surface area (Å²) in [6, 6.07) is 0. The average Bonchev–Trinajstić information content (AvgIpc) is 3.14. The van der Waals surface area contributed by atoms with Crippen LogP contribution in [0.3, 0.4) is 0 Å². The molecule has 0 amide bonds. The zero-order chi connectivity index (χ0) is 19.6. The molecule has 0 aromatic carbocycles. The Morgan fingerprint density at radius 2 is 2.07 bits per heavy atom. The monoisotopic (exact) mass is 386 g/mol. The Labute approximate surface area is 167 Å². The van der Waals surface area contributed by atoms with Gasteiger partial charge in [0.15, 0.2) is 6.29 Å². The van der Waals surface area contributed by atoms with Crippen LogP contribution in [0.15, 0.2) is 71.9 Å². The van der Waals surface area contributed by atoms with E-state index in [4.69, 9.17) is 24.1 Å². The van der Waals surface area contributed by atoms with E-state index in [1.54, 1.807) is 0 Å². The summed E-state index contributed by atoms with van der Waals surface area (Å²) in [6.07, 6.45) is 21.3. The van der Waals surface area contributed by atoms with Crippen molar-refractivity contribution in [2.45, 2.75) is 44.4 Å². The van der Waals surface area contributed by atoms with Crippen molar-refractivity contribution in [1.82, 2.24) is 0 Å². The van der Waals surface area contributed by atoms with E-state index in [9.17, 15) is 0 Å². The van der Waals surface area contributed by atoms with Crippen LogP contribution in [0.5, 0.6) is 0 Å². The van der Waals surface area contributed by atoms with Crippen LogP contribution in [0.25, 0.3) is 0 Å². The lowest BCUT2D eigenvalue weighted by atomic mass is 10.1. The molecular weight excluding hydrogens is 356 g/mol. The highest BCUT2D eigenvalue weighted by molar-refractivity contribution is 5.28. The lowest BCUT2D eigenvalue weighted by molar-refractivity contribution is -0.243. The van der Waals surface area contributed by atoms with E-state index in [0.29, 0.717) is 13.2 Å². The minimum absolute atomic E-state index is 0.0132. The van der Waals surface area contributed by atoms with Gasteiger partial charge in [-0.1, -0.05) is 60.8 Å². The summed E-state index contributed by atoms with van der Waals surface area (Å²) in [4.78, 5) is 0. The van der Waals surface area contributed by atoms with Crippen molar-refractivity contribution in [3.8, 4) is 0 Å². The van der Waals surface area contributed by atoms with Crippen molar-refractivity contribution >= 4 is 0 Å². The Balaban J connectivity index is 1.54. The van der Waals surface area contributed by atoms with Crippen molar-refractivity contribution in [2.24, 2.45) is 0 Å². The van der Waals surface area contributed by atoms with Crippen molar-refractivity contribution in [2.75, 3.05) is 26.4 Å². The van der Waals surface area contributed by atoms with Crippen molar-refractivity contribution in [1.29, 1.82) is 0 Å². The second-order valence-electron chi connectivity index (χ2n) is 6.95. The zero-order valence-electron chi connectivity index (χ0n) is 16.4. The van der Waals surface area contributed by atoms with Gasteiger partial charge in [0, 0.05) is 5.57 Å². The van der Waals surface area contributed by atoms with Gasteiger partial charge >= 0.3 is 0 Å². The van der Waals surface area contributed by atoms with Crippen LogP contribution in [0.2, 0.25) is 0 Å². The van der Waals surface area contributed by atoms with E-state index in [2.05, 4.69) is 24.3 Å². The van der Waals surface area contributed by atoms with Crippen molar-refractivity contribution < 1.29 is 24.1 Å². The van der Waals surface area contributed by atoms with Gasteiger partial charge in [-0.05, 0) is 25.3 Å². The largest absolute Gasteiger partial charge is 0.394 e. The number of hydrogen-bond donors (Lipinski definition) is 1. The normalized spacial score (nSPS) is 28.4. The molecule has 0 radical (unpaired) electrons. The number of allylic oxidation sites excluding steroid dienone is 9. The van der Waals surface area contributed by atoms with E-state index in [0.717, 1.165) is 24.0 Å². The number of rotatable bonds is 8. The first-order valence-electron chi connectivity index (χ1n) is 9.94. The minimum Gasteiger partial charge on any atom is -0.394 e. The van der Waals surface area contributed by atoms with Gasteiger partial charge in [0.2, 0.25) is 0 Å². The highest BCUT2D eigenvalue weighted by Crippen LogP contribution is 2.24. The number of ether oxygens (including phenoxy) is 4. The molecule has 1 fully saturated rings. The van der Waals surface area contributed by atoms with Gasteiger partial charge < -0.3 is 24.1 Å². The third kappa shape index (κ3) is 6.12. The smallest absolute Gasteiger partial charge is 0.184 e. The van der Waals surface area contributed by atoms with E-state index < -0.39 is 0 Å². The Kier molecular flexibility index (Phi) is 8.45. The maximum absolute atomic E-state index is 9.13. The predicted molar refractivity (Wildman–Crippen MR) is 109 cm³/mol. The Bertz CT molecular complexity index is 670. The van der Waals surface area contributed by atoms with Gasteiger partial charge in [-0.3, -0.25) is 0 Å². The molecule has 4 unspecified atom stereocenters. The summed E-state index contributed by atoms with van der Waals surface area (Å²) in [5, 5.41) is 9.13. The van der Waals surface area contributed by atoms with Gasteiger partial charge in [-0.25, -0.2) is 0 Å². The molecule has 3 rings (SSSR count). The van der Waals surface area contributed by atoms with Crippen LogP contribution in [-0.4, -0.2) is 56.1 Å². The predicted octanol–water partition coefficient (Wildman–Crippen LogP) is 3.40. The lowest BCUT2D eigenvalue weighted by Crippen LogP contribution is -2.45. The summed E-state index contributed by atoms with van der Waals surface area (Å²) < 4.78 is 23.9. The van der Waals surface area contributed by atoms with Crippen LogP contribution >= 0.6 is 0 Å². The van der Waals surface area contributed by atoms with Crippen LogP contribution in [0, 0.1) is 0 Å². The summed E-state index contributed by atoms with van der Waals surface area (Å²) in [5.41, 5.74) is 2.17. The molecule has 1 heterocycles. The minimum atomic E-state index is -0.354. The van der Waals surface area contributed by atoms with Crippen LogP contribution in [-0.2, 0) is 18.9 Å². The van der Waals surface area contributed by atoms with E-state index in [1.165, 1.54) is 0 Å². The Morgan fingerprint density at radius 3 is 2.93 bits per heavy atom. The molecule has 0 aromatic rings. The SMILES string of the molecule is CC1OC(C2=CCC=CC=C2)OCC1OCC(OCCO)C1=CC=CC=CC1. The van der Waals surface area contributed by atoms with E-state index in [1.807, 2.05) is 43.4 Å². The molecule has 4 atom stereocenters. The third-order valence-electron chi connectivity index (χ3n) is 4.88. The van der Waals surface area contributed by atoms with Crippen LogP contribution in [0.1, 0.15) is 19.8 Å². The molecule has 1 aliphatic heterocycles. The zero-order valence-corrected chi connectivity index (χ0v) is 16.4. The first-order chi connectivity index (χ1) is 13.8. The molecule has 5 nitrogen and oxygen atoms in total. The van der Waals surface area contributed by atoms with Crippen LogP contribution < -0.4 is 0 Å². The fraction of sp³-hybridized carbons (Fsp3) is 0.478. The number of hydrogen-bond acceptors (Lipinski definition) is 5. The summed E-state index contributed by atoms with van der Waals surface area (Å²) >= 11 is 0. The third-order valence-corrected chi connectivity index (χ3v) is 4.88. The van der Waals surface area contributed by atoms with Crippen molar-refractivity contribution in [3.05, 3.63) is 71.9 Å². The second-order valence-corrected chi connectivity index (χ2v) is 6.95. The van der Waals surface area contributed by atoms with Gasteiger partial charge in [-0.15, -0.1) is 0 Å². The standard InChI is InChI=1S/C23H30O5/c1-18-21(16-27-23(28-18)20-12-8-4-5-9-13-20)26-17-22(25-15-14-24)19-10-6-2-3-7-11-19/h2-8,10,12-13,18,21-24H,9,11,14-17H2,1H3. The maximum Gasteiger partial charge on any atom is 0.184 e. The highest BCUT2D eigenvalue weighted by Gasteiger charge is 2.32. The molecule has 3 aliphatic rings. The summed E-state index contributed by atoms with van der Waals surface area (Å²) in [5.74, 6) is 0. The molecule has 0 spiro atoms. The first kappa shape index (κ1) is 21.0. The fourth-order valence-corrected chi connectivity index (χ4v) is 3.27.